The molecule has 22 heteroatoms. The van der Waals surface area contributed by atoms with Crippen LogP contribution in [0.4, 0.5) is 5.69 Å². The first kappa shape index (κ1) is 63.0. The van der Waals surface area contributed by atoms with Gasteiger partial charge in [0, 0.05) is 55.9 Å². The van der Waals surface area contributed by atoms with Crippen molar-refractivity contribution in [2.24, 2.45) is 23.5 Å². The minimum atomic E-state index is -1.94. The molecule has 2 aliphatic heterocycles. The van der Waals surface area contributed by atoms with Gasteiger partial charge in [-0.3, -0.25) is 24.0 Å². The molecule has 2 fully saturated rings. The molecule has 1 aromatic heterocycles. The number of carboxylic acids is 2. The number of nitrogens with one attached hydrogen (secondary N) is 3. The Morgan fingerprint density at radius 3 is 2.29 bits per heavy atom. The normalized spacial score (nSPS) is 23.7. The van der Waals surface area contributed by atoms with Crippen LogP contribution in [0, 0.1) is 17.8 Å². The molecule has 3 heterocycles. The number of likely N-dealkylation sites (tertiary alicyclic amines) is 1. The molecule has 0 aliphatic carbocycles. The third-order valence-corrected chi connectivity index (χ3v) is 15.8. The number of piperidine rings is 1. The van der Waals surface area contributed by atoms with Gasteiger partial charge in [-0.05, 0) is 68.2 Å². The van der Waals surface area contributed by atoms with Crippen LogP contribution in [0.2, 0.25) is 0 Å². The largest absolute Gasteiger partial charge is 0.481 e. The highest BCUT2D eigenvalue weighted by Gasteiger charge is 2.49. The minimum absolute atomic E-state index is 0.0305. The average molecular weight is 1110 g/mol. The number of anilines is 1. The number of nitrogens with two attached hydrogens (primary N) is 1. The smallest absolute Gasteiger partial charge is 0.335 e. The summed E-state index contributed by atoms with van der Waals surface area (Å²) in [5.74, 6) is -5.13. The third kappa shape index (κ3) is 16.8. The molecule has 0 spiro atoms. The summed E-state index contributed by atoms with van der Waals surface area (Å²) in [6.45, 7) is 16.5. The summed E-state index contributed by atoms with van der Waals surface area (Å²) in [6.07, 6.45) is -6.46. The van der Waals surface area contributed by atoms with E-state index >= 15 is 0 Å². The van der Waals surface area contributed by atoms with Crippen molar-refractivity contribution in [3.63, 3.8) is 0 Å². The van der Waals surface area contributed by atoms with Gasteiger partial charge in [0.25, 0.3) is 11.8 Å². The molecule has 2 saturated heterocycles. The molecule has 430 valence electrons. The summed E-state index contributed by atoms with van der Waals surface area (Å²) in [5, 5.41) is 61.7. The Bertz CT molecular complexity index is 2530. The zero-order valence-electron chi connectivity index (χ0n) is 46.1. The van der Waals surface area contributed by atoms with E-state index in [0.717, 1.165) is 24.0 Å². The quantitative estimate of drug-likeness (QED) is 0.0360. The van der Waals surface area contributed by atoms with E-state index in [1.807, 2.05) is 72.0 Å². The topological polar surface area (TPSA) is 310 Å². The van der Waals surface area contributed by atoms with Crippen molar-refractivity contribution in [1.29, 1.82) is 0 Å². The molecule has 10 N–H and O–H groups in total. The van der Waals surface area contributed by atoms with Crippen molar-refractivity contribution in [1.82, 2.24) is 20.5 Å². The van der Waals surface area contributed by atoms with E-state index in [0.29, 0.717) is 49.3 Å². The van der Waals surface area contributed by atoms with Gasteiger partial charge in [0.1, 0.15) is 53.5 Å². The van der Waals surface area contributed by atoms with Gasteiger partial charge in [0.15, 0.2) is 12.1 Å². The third-order valence-electron chi connectivity index (χ3n) is 14.9. The van der Waals surface area contributed by atoms with E-state index in [2.05, 4.69) is 22.5 Å². The number of likely N-dealkylation sites (N-methyl/N-ethyl adjacent to an activating group) is 2. The van der Waals surface area contributed by atoms with Gasteiger partial charge < -0.3 is 70.8 Å². The van der Waals surface area contributed by atoms with Gasteiger partial charge in [-0.1, -0.05) is 83.5 Å². The number of aromatic nitrogens is 1. The Kier molecular flexibility index (Phi) is 23.3. The summed E-state index contributed by atoms with van der Waals surface area (Å²) in [5.41, 5.74) is 8.34. The molecule has 2 aliphatic rings. The SMILES string of the molecule is C=C(C)CO[C@H](C[C@H](C(C)C)N(C)C(=O)[C@@H](NC(=O)[C@H]1CCCC[N+]1(C)Cc1ccc(O[C@@H]2O[C@H](C(=O)O)[C@@H](O)[C@H](O)[C@H]2O)c(NC(=O)CCN)c1)[C@@H](C)CC)c1nc(C(=O)N[C@@H](Cc2ccccc2)C[C@H](C)C(=O)O)cs1. The van der Waals surface area contributed by atoms with Gasteiger partial charge in [0.05, 0.1) is 31.8 Å². The number of carboxylic acid groups (broad SMARTS) is 2. The highest BCUT2D eigenvalue weighted by molar-refractivity contribution is 7.09. The molecule has 0 bridgehead atoms. The van der Waals surface area contributed by atoms with Crippen LogP contribution in [0.15, 0.2) is 66.1 Å². The molecule has 13 atom stereocenters. The number of carbonyl (C=O) groups excluding carboxylic acids is 4. The summed E-state index contributed by atoms with van der Waals surface area (Å²) < 4.78 is 17.9. The molecule has 0 radical (unpaired) electrons. The number of rotatable bonds is 28. The second-order valence-electron chi connectivity index (χ2n) is 21.7. The predicted molar refractivity (Wildman–Crippen MR) is 292 cm³/mol. The highest BCUT2D eigenvalue weighted by Crippen LogP contribution is 2.35. The van der Waals surface area contributed by atoms with Crippen molar-refractivity contribution in [2.45, 2.75) is 160 Å². The van der Waals surface area contributed by atoms with Crippen LogP contribution in [0.1, 0.15) is 119 Å². The standard InChI is InChI=1S/C56H81N7O14S/c1-10-33(6)45(53(70)62(8)40(32(4)5)27-43(75-29-31(2)3)52-60-39(30-78-52)50(68)58-37(24-34(7)54(71)72)25-35-16-12-11-13-17-35)61-51(69)41-18-14-15-23-63(41,9)28-36-19-20-42(38(26-36)59-44(64)21-22-57)76-56-48(67)46(65)47(66)49(77-56)55(73)74/h11-13,16-17,19-20,26,30,32-34,37,40-41,43,45-49,56,65-67H,2,10,14-15,18,21-25,27-29,57H2,1,3-9H3,(H4-,58,59,61,64,68,69,71,72,73,74)/p+1/t33-,34-,37+,40+,41+,43+,45-,46-,47-,48+,49-,56+,63?/m0/s1. The second-order valence-corrected chi connectivity index (χ2v) is 22.6. The van der Waals surface area contributed by atoms with Crippen LogP contribution in [0.5, 0.6) is 5.75 Å². The van der Waals surface area contributed by atoms with E-state index in [4.69, 9.17) is 24.9 Å². The van der Waals surface area contributed by atoms with E-state index in [1.54, 1.807) is 36.4 Å². The summed E-state index contributed by atoms with van der Waals surface area (Å²) in [7, 11) is 3.69. The lowest BCUT2D eigenvalue weighted by Crippen LogP contribution is -2.63. The Hall–Kier alpha value is -5.85. The molecule has 21 nitrogen and oxygen atoms in total. The van der Waals surface area contributed by atoms with Gasteiger partial charge in [-0.25, -0.2) is 9.78 Å². The lowest BCUT2D eigenvalue weighted by molar-refractivity contribution is -0.942. The number of aliphatic hydroxyl groups excluding tert-OH is 3. The predicted octanol–water partition coefficient (Wildman–Crippen LogP) is 4.39. The number of nitrogens with zero attached hydrogens (tertiary/aromatic N) is 3. The molecular formula is C56H82N7O14S+. The van der Waals surface area contributed by atoms with E-state index in [1.165, 1.54) is 17.4 Å². The van der Waals surface area contributed by atoms with Crippen molar-refractivity contribution in [3.8, 4) is 5.75 Å². The van der Waals surface area contributed by atoms with Crippen LogP contribution < -0.4 is 26.4 Å². The lowest BCUT2D eigenvalue weighted by Gasteiger charge is -2.44. The van der Waals surface area contributed by atoms with Crippen LogP contribution in [0.3, 0.4) is 0 Å². The molecule has 78 heavy (non-hydrogen) atoms. The van der Waals surface area contributed by atoms with Crippen molar-refractivity contribution >= 4 is 52.6 Å². The average Bonchev–Trinajstić information content (AvgIpc) is 3.90. The zero-order valence-corrected chi connectivity index (χ0v) is 46.9. The second kappa shape index (κ2) is 28.9. The fraction of sp³-hybridized carbons (Fsp3) is 0.589. The number of aliphatic hydroxyl groups is 3. The maximum Gasteiger partial charge on any atom is 0.335 e. The molecule has 4 amide bonds. The Balaban J connectivity index is 1.35. The molecule has 1 unspecified atom stereocenters. The highest BCUT2D eigenvalue weighted by atomic mass is 32.1. The number of hydrogen-bond acceptors (Lipinski definition) is 15. The lowest BCUT2D eigenvalue weighted by atomic mass is 9.92. The minimum Gasteiger partial charge on any atom is -0.481 e. The number of thiazole rings is 1. The Morgan fingerprint density at radius 2 is 1.67 bits per heavy atom. The number of benzene rings is 2. The van der Waals surface area contributed by atoms with E-state index in [-0.39, 0.29) is 71.3 Å². The molecular weight excluding hydrogens is 1030 g/mol. The number of ether oxygens (including phenoxy) is 3. The zero-order chi connectivity index (χ0) is 57.6. The van der Waals surface area contributed by atoms with Gasteiger partial charge in [-0.15, -0.1) is 11.3 Å². The summed E-state index contributed by atoms with van der Waals surface area (Å²) in [6, 6.07) is 12.0. The monoisotopic (exact) mass is 1110 g/mol. The van der Waals surface area contributed by atoms with E-state index in [9.17, 15) is 54.3 Å². The molecule has 3 aromatic rings. The fourth-order valence-electron chi connectivity index (χ4n) is 10.1. The maximum absolute atomic E-state index is 15.0. The summed E-state index contributed by atoms with van der Waals surface area (Å²) >= 11 is 1.25. The van der Waals surface area contributed by atoms with Crippen molar-refractivity contribution in [2.75, 3.05) is 39.1 Å². The summed E-state index contributed by atoms with van der Waals surface area (Å²) in [4.78, 5) is 86.6. The van der Waals surface area contributed by atoms with Crippen LogP contribution in [-0.2, 0) is 46.4 Å². The molecule has 2 aromatic carbocycles. The van der Waals surface area contributed by atoms with Crippen LogP contribution >= 0.6 is 11.3 Å². The van der Waals surface area contributed by atoms with Crippen LogP contribution in [0.25, 0.3) is 0 Å². The maximum atomic E-state index is 15.0. The Morgan fingerprint density at radius 1 is 0.962 bits per heavy atom. The fourth-order valence-corrected chi connectivity index (χ4v) is 11.0. The number of quaternary nitrogens is 1. The first-order valence-electron chi connectivity index (χ1n) is 26.8. The van der Waals surface area contributed by atoms with Crippen molar-refractivity contribution < 1.29 is 73.0 Å². The Labute approximate surface area is 461 Å². The number of hydrogen-bond donors (Lipinski definition) is 9. The first-order chi connectivity index (χ1) is 36.9. The molecule has 5 rings (SSSR count). The first-order valence-corrected chi connectivity index (χ1v) is 27.7. The number of amides is 4. The van der Waals surface area contributed by atoms with Gasteiger partial charge >= 0.3 is 11.9 Å². The van der Waals surface area contributed by atoms with Gasteiger partial charge in [-0.2, -0.15) is 0 Å². The number of carbonyl (C=O) groups is 6. The molecule has 0 saturated carbocycles. The van der Waals surface area contributed by atoms with Crippen molar-refractivity contribution in [3.05, 3.63) is 87.9 Å². The van der Waals surface area contributed by atoms with Crippen LogP contribution in [-0.4, -0.2) is 164 Å². The number of aliphatic carboxylic acids is 2. The van der Waals surface area contributed by atoms with Gasteiger partial charge in [0.2, 0.25) is 18.1 Å². The van der Waals surface area contributed by atoms with E-state index < -0.39 is 90.6 Å².